The van der Waals surface area contributed by atoms with Crippen molar-refractivity contribution in [1.82, 2.24) is 5.32 Å². The van der Waals surface area contributed by atoms with Gasteiger partial charge in [-0.05, 0) is 24.0 Å². The number of phenols is 1. The van der Waals surface area contributed by atoms with Crippen molar-refractivity contribution in [3.05, 3.63) is 29.8 Å². The lowest BCUT2D eigenvalue weighted by atomic mass is 10.1. The van der Waals surface area contributed by atoms with Crippen LogP contribution in [0.25, 0.3) is 0 Å². The zero-order valence-corrected chi connectivity index (χ0v) is 11.4. The van der Waals surface area contributed by atoms with E-state index in [2.05, 4.69) is 5.32 Å². The molecule has 0 aliphatic rings. The SMILES string of the molecule is CSCCC(=O)N[C@@H](Cc1ccc(O)cc1)C(=O)O. The van der Waals surface area contributed by atoms with Gasteiger partial charge in [0.25, 0.3) is 0 Å². The van der Waals surface area contributed by atoms with Crippen molar-refractivity contribution in [2.24, 2.45) is 0 Å². The number of hydrogen-bond donors (Lipinski definition) is 3. The van der Waals surface area contributed by atoms with Crippen LogP contribution in [0.15, 0.2) is 24.3 Å². The fraction of sp³-hybridized carbons (Fsp3) is 0.385. The minimum atomic E-state index is -1.06. The first-order valence-electron chi connectivity index (χ1n) is 5.82. The molecular weight excluding hydrogens is 266 g/mol. The van der Waals surface area contributed by atoms with Crippen LogP contribution in [0.1, 0.15) is 12.0 Å². The predicted molar refractivity (Wildman–Crippen MR) is 74.4 cm³/mol. The molecule has 0 fully saturated rings. The van der Waals surface area contributed by atoms with Gasteiger partial charge < -0.3 is 15.5 Å². The van der Waals surface area contributed by atoms with Crippen molar-refractivity contribution in [3.63, 3.8) is 0 Å². The number of carbonyl (C=O) groups excluding carboxylic acids is 1. The first-order chi connectivity index (χ1) is 9.02. The van der Waals surface area contributed by atoms with Gasteiger partial charge in [0.15, 0.2) is 0 Å². The van der Waals surface area contributed by atoms with Crippen molar-refractivity contribution in [1.29, 1.82) is 0 Å². The van der Waals surface area contributed by atoms with Gasteiger partial charge >= 0.3 is 5.97 Å². The first kappa shape index (κ1) is 15.4. The largest absolute Gasteiger partial charge is 0.508 e. The molecule has 0 bridgehead atoms. The molecule has 19 heavy (non-hydrogen) atoms. The Balaban J connectivity index is 2.60. The standard InChI is InChI=1S/C13H17NO4S/c1-19-7-6-12(16)14-11(13(17)18)8-9-2-4-10(15)5-3-9/h2-5,11,15H,6-8H2,1H3,(H,14,16)(H,17,18)/t11-/m0/s1. The van der Waals surface area contributed by atoms with Crippen molar-refractivity contribution in [3.8, 4) is 5.75 Å². The summed E-state index contributed by atoms with van der Waals surface area (Å²) in [5.41, 5.74) is 0.746. The molecule has 1 amide bonds. The molecule has 1 atom stereocenters. The molecule has 1 rings (SSSR count). The van der Waals surface area contributed by atoms with Gasteiger partial charge in [0.05, 0.1) is 0 Å². The topological polar surface area (TPSA) is 86.6 Å². The van der Waals surface area contributed by atoms with Gasteiger partial charge in [0.1, 0.15) is 11.8 Å². The van der Waals surface area contributed by atoms with Crippen molar-refractivity contribution in [2.45, 2.75) is 18.9 Å². The molecule has 3 N–H and O–H groups in total. The lowest BCUT2D eigenvalue weighted by molar-refractivity contribution is -0.141. The van der Waals surface area contributed by atoms with Crippen LogP contribution < -0.4 is 5.32 Å². The molecular formula is C13H17NO4S. The molecule has 0 saturated carbocycles. The van der Waals surface area contributed by atoms with Crippen LogP contribution in [0.5, 0.6) is 5.75 Å². The molecule has 0 saturated heterocycles. The summed E-state index contributed by atoms with van der Waals surface area (Å²) in [6, 6.07) is 5.31. The summed E-state index contributed by atoms with van der Waals surface area (Å²) in [5, 5.41) is 20.7. The Hall–Kier alpha value is -1.69. The summed E-state index contributed by atoms with van der Waals surface area (Å²) in [6.07, 6.45) is 2.39. The lowest BCUT2D eigenvalue weighted by Gasteiger charge is -2.14. The lowest BCUT2D eigenvalue weighted by Crippen LogP contribution is -2.42. The highest BCUT2D eigenvalue weighted by Crippen LogP contribution is 2.11. The van der Waals surface area contributed by atoms with Gasteiger partial charge in [-0.15, -0.1) is 0 Å². The normalized spacial score (nSPS) is 11.8. The molecule has 6 heteroatoms. The Kier molecular flexibility index (Phi) is 6.21. The van der Waals surface area contributed by atoms with Crippen LogP contribution in [0.3, 0.4) is 0 Å². The van der Waals surface area contributed by atoms with Crippen LogP contribution in [-0.4, -0.2) is 40.1 Å². The molecule has 0 aliphatic carbocycles. The molecule has 0 unspecified atom stereocenters. The minimum absolute atomic E-state index is 0.125. The number of amides is 1. The maximum Gasteiger partial charge on any atom is 0.326 e. The number of nitrogens with one attached hydrogen (secondary N) is 1. The van der Waals surface area contributed by atoms with E-state index >= 15 is 0 Å². The first-order valence-corrected chi connectivity index (χ1v) is 7.21. The van der Waals surface area contributed by atoms with Crippen LogP contribution in [0, 0.1) is 0 Å². The van der Waals surface area contributed by atoms with Crippen LogP contribution in [0.4, 0.5) is 0 Å². The average molecular weight is 283 g/mol. The van der Waals surface area contributed by atoms with Gasteiger partial charge in [-0.2, -0.15) is 11.8 Å². The van der Waals surface area contributed by atoms with Gasteiger partial charge in [-0.1, -0.05) is 12.1 Å². The third-order valence-electron chi connectivity index (χ3n) is 2.54. The summed E-state index contributed by atoms with van der Waals surface area (Å²) in [7, 11) is 0. The zero-order valence-electron chi connectivity index (χ0n) is 10.6. The summed E-state index contributed by atoms with van der Waals surface area (Å²) < 4.78 is 0. The summed E-state index contributed by atoms with van der Waals surface area (Å²) in [4.78, 5) is 22.6. The van der Waals surface area contributed by atoms with E-state index in [0.717, 1.165) is 5.56 Å². The van der Waals surface area contributed by atoms with Crippen molar-refractivity contribution >= 4 is 23.6 Å². The zero-order chi connectivity index (χ0) is 14.3. The fourth-order valence-corrected chi connectivity index (χ4v) is 1.92. The van der Waals surface area contributed by atoms with Crippen molar-refractivity contribution in [2.75, 3.05) is 12.0 Å². The van der Waals surface area contributed by atoms with Crippen LogP contribution in [0.2, 0.25) is 0 Å². The Morgan fingerprint density at radius 3 is 2.47 bits per heavy atom. The Morgan fingerprint density at radius 1 is 1.32 bits per heavy atom. The molecule has 104 valence electrons. The van der Waals surface area contributed by atoms with E-state index in [1.54, 1.807) is 12.1 Å². The van der Waals surface area contributed by atoms with E-state index in [-0.39, 0.29) is 18.1 Å². The molecule has 0 aliphatic heterocycles. The Morgan fingerprint density at radius 2 is 1.95 bits per heavy atom. The molecule has 1 aromatic carbocycles. The highest BCUT2D eigenvalue weighted by molar-refractivity contribution is 7.98. The quantitative estimate of drug-likeness (QED) is 0.701. The average Bonchev–Trinajstić information content (AvgIpc) is 2.38. The van der Waals surface area contributed by atoms with Crippen LogP contribution in [-0.2, 0) is 16.0 Å². The van der Waals surface area contributed by atoms with E-state index in [1.165, 1.54) is 23.9 Å². The maximum absolute atomic E-state index is 11.5. The van der Waals surface area contributed by atoms with Crippen LogP contribution >= 0.6 is 11.8 Å². The fourth-order valence-electron chi connectivity index (χ4n) is 1.53. The second-order valence-electron chi connectivity index (χ2n) is 4.07. The smallest absolute Gasteiger partial charge is 0.326 e. The van der Waals surface area contributed by atoms with E-state index in [0.29, 0.717) is 12.2 Å². The third-order valence-corrected chi connectivity index (χ3v) is 3.16. The number of aromatic hydroxyl groups is 1. The minimum Gasteiger partial charge on any atom is -0.508 e. The van der Waals surface area contributed by atoms with Gasteiger partial charge in [-0.3, -0.25) is 4.79 Å². The monoisotopic (exact) mass is 283 g/mol. The Bertz CT molecular complexity index is 433. The number of carboxylic acid groups (broad SMARTS) is 1. The molecule has 0 spiro atoms. The molecule has 0 heterocycles. The van der Waals surface area contributed by atoms with E-state index < -0.39 is 12.0 Å². The number of benzene rings is 1. The highest BCUT2D eigenvalue weighted by Gasteiger charge is 2.20. The summed E-state index contributed by atoms with van der Waals surface area (Å²) >= 11 is 1.53. The number of carbonyl (C=O) groups is 2. The number of aliphatic carboxylic acids is 1. The summed E-state index contributed by atoms with van der Waals surface area (Å²) in [6.45, 7) is 0. The molecule has 0 aromatic heterocycles. The number of rotatable bonds is 7. The number of carboxylic acids is 1. The molecule has 0 radical (unpaired) electrons. The van der Waals surface area contributed by atoms with E-state index in [1.807, 2.05) is 6.26 Å². The summed E-state index contributed by atoms with van der Waals surface area (Å²) in [5.74, 6) is -0.539. The second-order valence-corrected chi connectivity index (χ2v) is 5.06. The predicted octanol–water partition coefficient (Wildman–Crippen LogP) is 1.26. The highest BCUT2D eigenvalue weighted by atomic mass is 32.2. The Labute approximate surface area is 116 Å². The van der Waals surface area contributed by atoms with Gasteiger partial charge in [-0.25, -0.2) is 4.79 Å². The maximum atomic E-state index is 11.5. The van der Waals surface area contributed by atoms with E-state index in [4.69, 9.17) is 10.2 Å². The second kappa shape index (κ2) is 7.68. The van der Waals surface area contributed by atoms with E-state index in [9.17, 15) is 9.59 Å². The van der Waals surface area contributed by atoms with Crippen molar-refractivity contribution < 1.29 is 19.8 Å². The number of thioether (sulfide) groups is 1. The van der Waals surface area contributed by atoms with Gasteiger partial charge in [0, 0.05) is 18.6 Å². The number of hydrogen-bond acceptors (Lipinski definition) is 4. The molecule has 5 nitrogen and oxygen atoms in total. The van der Waals surface area contributed by atoms with Gasteiger partial charge in [0.2, 0.25) is 5.91 Å². The third kappa shape index (κ3) is 5.65. The molecule has 1 aromatic rings. The number of phenolic OH excluding ortho intramolecular Hbond substituents is 1.